The van der Waals surface area contributed by atoms with Crippen LogP contribution in [0.5, 0.6) is 5.75 Å². The number of nitrogens with one attached hydrogen (secondary N) is 1. The molecule has 2 fully saturated rings. The Balaban J connectivity index is 1.63. The highest BCUT2D eigenvalue weighted by atomic mass is 32.2. The van der Waals surface area contributed by atoms with Crippen LogP contribution in [-0.4, -0.2) is 57.1 Å². The van der Waals surface area contributed by atoms with E-state index in [0.717, 1.165) is 24.4 Å². The molecule has 2 aliphatic rings. The van der Waals surface area contributed by atoms with Crippen LogP contribution in [-0.2, 0) is 16.4 Å². The Kier molecular flexibility index (Phi) is 5.24. The van der Waals surface area contributed by atoms with E-state index in [1.807, 2.05) is 24.3 Å². The minimum atomic E-state index is -2.93. The Hall–Kier alpha value is -1.11. The summed E-state index contributed by atoms with van der Waals surface area (Å²) in [5.41, 5.74) is 1.15. The molecular formula is C17H26N2O3S. The van der Waals surface area contributed by atoms with Crippen molar-refractivity contribution in [3.63, 3.8) is 0 Å². The van der Waals surface area contributed by atoms with E-state index in [0.29, 0.717) is 12.3 Å². The minimum Gasteiger partial charge on any atom is -0.497 e. The zero-order valence-corrected chi connectivity index (χ0v) is 14.5. The molecule has 0 saturated carbocycles. The average molecular weight is 338 g/mol. The average Bonchev–Trinajstić information content (AvgIpc) is 2.89. The second-order valence-electron chi connectivity index (χ2n) is 6.58. The first-order chi connectivity index (χ1) is 11.1. The van der Waals surface area contributed by atoms with Gasteiger partial charge in [0.25, 0.3) is 0 Å². The molecule has 2 aliphatic heterocycles. The maximum Gasteiger partial charge on any atom is 0.153 e. The molecule has 2 heterocycles. The Bertz CT molecular complexity index is 609. The van der Waals surface area contributed by atoms with Gasteiger partial charge >= 0.3 is 0 Å². The van der Waals surface area contributed by atoms with Crippen molar-refractivity contribution in [2.45, 2.75) is 37.9 Å². The third-order valence-electron chi connectivity index (χ3n) is 4.91. The molecule has 0 unspecified atom stereocenters. The summed E-state index contributed by atoms with van der Waals surface area (Å²) in [7, 11) is -1.28. The molecule has 0 radical (unpaired) electrons. The molecule has 23 heavy (non-hydrogen) atoms. The molecule has 0 amide bonds. The molecule has 0 spiro atoms. The Morgan fingerprint density at radius 2 is 1.83 bits per heavy atom. The summed E-state index contributed by atoms with van der Waals surface area (Å²) in [5, 5.41) is 3.48. The second kappa shape index (κ2) is 7.20. The lowest BCUT2D eigenvalue weighted by Gasteiger charge is -2.35. The smallest absolute Gasteiger partial charge is 0.153 e. The number of nitrogens with zero attached hydrogens (tertiary/aromatic N) is 1. The number of methoxy groups -OCH3 is 1. The van der Waals surface area contributed by atoms with E-state index in [-0.39, 0.29) is 17.8 Å². The van der Waals surface area contributed by atoms with Crippen molar-refractivity contribution < 1.29 is 13.2 Å². The molecule has 0 aliphatic carbocycles. The molecule has 1 N–H and O–H groups in total. The first-order valence-corrected chi connectivity index (χ1v) is 10.2. The van der Waals surface area contributed by atoms with E-state index < -0.39 is 9.84 Å². The van der Waals surface area contributed by atoms with Crippen molar-refractivity contribution in [2.24, 2.45) is 0 Å². The number of piperidine rings is 1. The van der Waals surface area contributed by atoms with Crippen molar-refractivity contribution in [1.29, 1.82) is 0 Å². The summed E-state index contributed by atoms with van der Waals surface area (Å²) in [6, 6.07) is 8.06. The lowest BCUT2D eigenvalue weighted by Crippen LogP contribution is -2.50. The van der Waals surface area contributed by atoms with Gasteiger partial charge in [-0.25, -0.2) is 8.42 Å². The topological polar surface area (TPSA) is 58.6 Å². The van der Waals surface area contributed by atoms with Gasteiger partial charge in [0.1, 0.15) is 5.75 Å². The van der Waals surface area contributed by atoms with E-state index in [1.54, 1.807) is 7.11 Å². The summed E-state index contributed by atoms with van der Waals surface area (Å²) in [5.74, 6) is 1.39. The normalized spacial score (nSPS) is 27.9. The monoisotopic (exact) mass is 338 g/mol. The predicted octanol–water partition coefficient (Wildman–Crippen LogP) is 1.44. The van der Waals surface area contributed by atoms with Crippen LogP contribution in [0.15, 0.2) is 24.3 Å². The van der Waals surface area contributed by atoms with Crippen LogP contribution in [0, 0.1) is 0 Å². The fourth-order valence-electron chi connectivity index (χ4n) is 3.63. The van der Waals surface area contributed by atoms with Gasteiger partial charge in [-0.1, -0.05) is 18.6 Å². The van der Waals surface area contributed by atoms with Crippen LogP contribution < -0.4 is 10.1 Å². The fourth-order valence-corrected chi connectivity index (χ4v) is 5.61. The van der Waals surface area contributed by atoms with Crippen LogP contribution in [0.3, 0.4) is 0 Å². The fraction of sp³-hybridized carbons (Fsp3) is 0.647. The lowest BCUT2D eigenvalue weighted by molar-refractivity contribution is 0.155. The van der Waals surface area contributed by atoms with Crippen molar-refractivity contribution in [1.82, 2.24) is 10.2 Å². The number of rotatable bonds is 5. The van der Waals surface area contributed by atoms with Crippen LogP contribution in [0.25, 0.3) is 0 Å². The summed E-state index contributed by atoms with van der Waals surface area (Å²) in [6.07, 6.45) is 3.63. The SMILES string of the molecule is COc1ccc(CN[C@@H]2CS(=O)(=O)C[C@@H]2N2CCCCC2)cc1. The van der Waals surface area contributed by atoms with Gasteiger partial charge in [-0.15, -0.1) is 0 Å². The van der Waals surface area contributed by atoms with Gasteiger partial charge in [-0.3, -0.25) is 4.90 Å². The molecule has 128 valence electrons. The Morgan fingerprint density at radius 3 is 2.48 bits per heavy atom. The lowest BCUT2D eigenvalue weighted by atomic mass is 10.0. The maximum atomic E-state index is 12.1. The highest BCUT2D eigenvalue weighted by Crippen LogP contribution is 2.23. The third-order valence-corrected chi connectivity index (χ3v) is 6.63. The quantitative estimate of drug-likeness (QED) is 0.880. The Morgan fingerprint density at radius 1 is 1.13 bits per heavy atom. The molecule has 2 atom stereocenters. The summed E-state index contributed by atoms with van der Waals surface area (Å²) >= 11 is 0. The van der Waals surface area contributed by atoms with Crippen LogP contribution in [0.1, 0.15) is 24.8 Å². The van der Waals surface area contributed by atoms with Crippen molar-refractivity contribution in [3.05, 3.63) is 29.8 Å². The van der Waals surface area contributed by atoms with E-state index in [4.69, 9.17) is 4.74 Å². The third kappa shape index (κ3) is 4.25. The molecule has 1 aromatic rings. The van der Waals surface area contributed by atoms with Gasteiger partial charge in [0.05, 0.1) is 18.6 Å². The van der Waals surface area contributed by atoms with Gasteiger partial charge in [0, 0.05) is 18.6 Å². The number of hydrogen-bond donors (Lipinski definition) is 1. The highest BCUT2D eigenvalue weighted by molar-refractivity contribution is 7.91. The molecule has 2 saturated heterocycles. The van der Waals surface area contributed by atoms with Crippen molar-refractivity contribution in [3.8, 4) is 5.75 Å². The predicted molar refractivity (Wildman–Crippen MR) is 91.5 cm³/mol. The molecule has 0 aromatic heterocycles. The molecule has 3 rings (SSSR count). The maximum absolute atomic E-state index is 12.1. The standard InChI is InChI=1S/C17H26N2O3S/c1-22-15-7-5-14(6-8-15)11-18-16-12-23(20,21)13-17(16)19-9-3-2-4-10-19/h5-8,16-18H,2-4,9-13H2,1H3/t16-,17+/m1/s1. The van der Waals surface area contributed by atoms with E-state index >= 15 is 0 Å². The van der Waals surface area contributed by atoms with Crippen LogP contribution in [0.2, 0.25) is 0 Å². The van der Waals surface area contributed by atoms with Gasteiger partial charge < -0.3 is 10.1 Å². The van der Waals surface area contributed by atoms with Crippen molar-refractivity contribution >= 4 is 9.84 Å². The molecule has 0 bridgehead atoms. The van der Waals surface area contributed by atoms with E-state index in [2.05, 4.69) is 10.2 Å². The Labute approximate surface area is 138 Å². The minimum absolute atomic E-state index is 0.0280. The van der Waals surface area contributed by atoms with Gasteiger partial charge in [-0.05, 0) is 43.6 Å². The number of benzene rings is 1. The summed E-state index contributed by atoms with van der Waals surface area (Å²) in [6.45, 7) is 2.75. The molecule has 1 aromatic carbocycles. The molecular weight excluding hydrogens is 312 g/mol. The first-order valence-electron chi connectivity index (χ1n) is 8.38. The number of likely N-dealkylation sites (tertiary alicyclic amines) is 1. The number of ether oxygens (including phenoxy) is 1. The van der Waals surface area contributed by atoms with Crippen LogP contribution >= 0.6 is 0 Å². The van der Waals surface area contributed by atoms with Gasteiger partial charge in [0.2, 0.25) is 0 Å². The zero-order valence-electron chi connectivity index (χ0n) is 13.7. The molecule has 6 heteroatoms. The highest BCUT2D eigenvalue weighted by Gasteiger charge is 2.40. The van der Waals surface area contributed by atoms with E-state index in [1.165, 1.54) is 19.3 Å². The van der Waals surface area contributed by atoms with Gasteiger partial charge in [-0.2, -0.15) is 0 Å². The van der Waals surface area contributed by atoms with E-state index in [9.17, 15) is 8.42 Å². The second-order valence-corrected chi connectivity index (χ2v) is 8.73. The number of hydrogen-bond acceptors (Lipinski definition) is 5. The van der Waals surface area contributed by atoms with Crippen molar-refractivity contribution in [2.75, 3.05) is 31.7 Å². The number of sulfone groups is 1. The van der Waals surface area contributed by atoms with Crippen LogP contribution in [0.4, 0.5) is 0 Å². The first kappa shape index (κ1) is 16.7. The zero-order chi connectivity index (χ0) is 16.3. The summed E-state index contributed by atoms with van der Waals surface area (Å²) in [4.78, 5) is 2.37. The van der Waals surface area contributed by atoms with Gasteiger partial charge in [0.15, 0.2) is 9.84 Å². The largest absolute Gasteiger partial charge is 0.497 e. The molecule has 5 nitrogen and oxygen atoms in total. The summed E-state index contributed by atoms with van der Waals surface area (Å²) < 4.78 is 29.4.